The van der Waals surface area contributed by atoms with Crippen LogP contribution in [0.25, 0.3) is 0 Å². The number of hydrogen-bond donors (Lipinski definition) is 1. The summed E-state index contributed by atoms with van der Waals surface area (Å²) in [6, 6.07) is 10.4. The molecule has 2 aromatic rings. The number of aromatic nitrogens is 2. The van der Waals surface area contributed by atoms with Crippen LogP contribution < -0.4 is 5.73 Å². The molecular formula is C18H22N4O. The number of carbonyl (C=O) groups excluding carboxylic acids is 1. The van der Waals surface area contributed by atoms with E-state index < -0.39 is 0 Å². The molecule has 2 heterocycles. The number of rotatable bonds is 3. The molecule has 0 bridgehead atoms. The molecule has 0 atom stereocenters. The lowest BCUT2D eigenvalue weighted by Gasteiger charge is -2.50. The minimum atomic E-state index is 0.00000567. The summed E-state index contributed by atoms with van der Waals surface area (Å²) < 4.78 is 0. The Morgan fingerprint density at radius 2 is 1.74 bits per heavy atom. The highest BCUT2D eigenvalue weighted by Gasteiger charge is 2.45. The second-order valence-corrected chi connectivity index (χ2v) is 6.29. The number of nitrogen functional groups attached to an aromatic ring is 1. The van der Waals surface area contributed by atoms with Gasteiger partial charge in [-0.05, 0) is 25.8 Å². The molecule has 5 heteroatoms. The van der Waals surface area contributed by atoms with Gasteiger partial charge in [-0.1, -0.05) is 37.3 Å². The highest BCUT2D eigenvalue weighted by molar-refractivity contribution is 5.97. The van der Waals surface area contributed by atoms with E-state index in [1.807, 2.05) is 24.8 Å². The molecule has 1 fully saturated rings. The Morgan fingerprint density at radius 1 is 1.17 bits per heavy atom. The molecule has 0 aliphatic carbocycles. The number of hydrogen-bond acceptors (Lipinski definition) is 4. The average Bonchev–Trinajstić information content (AvgIpc) is 2.47. The Labute approximate surface area is 136 Å². The summed E-state index contributed by atoms with van der Waals surface area (Å²) in [5.74, 6) is 0.215. The van der Waals surface area contributed by atoms with E-state index in [1.165, 1.54) is 5.56 Å². The van der Waals surface area contributed by atoms with E-state index in [0.717, 1.165) is 19.5 Å². The van der Waals surface area contributed by atoms with Crippen LogP contribution in [0.5, 0.6) is 0 Å². The van der Waals surface area contributed by atoms with Crippen LogP contribution in [-0.2, 0) is 5.41 Å². The third-order valence-electron chi connectivity index (χ3n) is 4.84. The Hall–Kier alpha value is -2.43. The number of likely N-dealkylation sites (tertiary alicyclic amines) is 1. The van der Waals surface area contributed by atoms with Crippen LogP contribution in [0.15, 0.2) is 30.3 Å². The van der Waals surface area contributed by atoms with Crippen LogP contribution in [-0.4, -0.2) is 33.9 Å². The summed E-state index contributed by atoms with van der Waals surface area (Å²) in [6.07, 6.45) is 1.01. The number of nitrogens with zero attached hydrogens (tertiary/aromatic N) is 3. The monoisotopic (exact) mass is 310 g/mol. The van der Waals surface area contributed by atoms with Gasteiger partial charge in [0.05, 0.1) is 17.0 Å². The predicted molar refractivity (Wildman–Crippen MR) is 90.2 cm³/mol. The SMILES string of the molecule is CCC1(c2ccccc2)CN(C(=O)c2c(C)nc(N)nc2C)C1. The van der Waals surface area contributed by atoms with Crippen molar-refractivity contribution in [3.8, 4) is 0 Å². The Bertz CT molecular complexity index is 713. The van der Waals surface area contributed by atoms with Gasteiger partial charge in [0.1, 0.15) is 0 Å². The van der Waals surface area contributed by atoms with E-state index in [4.69, 9.17) is 5.73 Å². The summed E-state index contributed by atoms with van der Waals surface area (Å²) >= 11 is 0. The fourth-order valence-corrected chi connectivity index (χ4v) is 3.44. The van der Waals surface area contributed by atoms with Crippen molar-refractivity contribution in [1.82, 2.24) is 14.9 Å². The number of amides is 1. The average molecular weight is 310 g/mol. The molecule has 0 unspecified atom stereocenters. The minimum Gasteiger partial charge on any atom is -0.368 e. The predicted octanol–water partition coefficient (Wildman–Crippen LogP) is 2.48. The molecule has 1 aromatic heterocycles. The van der Waals surface area contributed by atoms with Crippen molar-refractivity contribution >= 4 is 11.9 Å². The van der Waals surface area contributed by atoms with Crippen molar-refractivity contribution in [2.24, 2.45) is 0 Å². The molecule has 120 valence electrons. The summed E-state index contributed by atoms with van der Waals surface area (Å²) in [7, 11) is 0. The molecule has 1 aliphatic heterocycles. The van der Waals surface area contributed by atoms with Crippen molar-refractivity contribution in [3.63, 3.8) is 0 Å². The van der Waals surface area contributed by atoms with Crippen molar-refractivity contribution < 1.29 is 4.79 Å². The lowest BCUT2D eigenvalue weighted by atomic mass is 9.71. The van der Waals surface area contributed by atoms with E-state index in [2.05, 4.69) is 41.2 Å². The standard InChI is InChI=1S/C18H22N4O/c1-4-18(14-8-6-5-7-9-14)10-22(11-18)16(23)15-12(2)20-17(19)21-13(15)3/h5-9H,4,10-11H2,1-3H3,(H2,19,20,21). The first-order valence-electron chi connectivity index (χ1n) is 7.92. The lowest BCUT2D eigenvalue weighted by Crippen LogP contribution is -2.61. The van der Waals surface area contributed by atoms with Crippen molar-refractivity contribution in [2.45, 2.75) is 32.6 Å². The number of anilines is 1. The molecule has 0 saturated carbocycles. The van der Waals surface area contributed by atoms with E-state index >= 15 is 0 Å². The maximum Gasteiger partial charge on any atom is 0.257 e. The summed E-state index contributed by atoms with van der Waals surface area (Å²) in [5.41, 5.74) is 8.88. The number of nitrogens with two attached hydrogens (primary N) is 1. The fraction of sp³-hybridized carbons (Fsp3) is 0.389. The molecule has 2 N–H and O–H groups in total. The van der Waals surface area contributed by atoms with Gasteiger partial charge in [0.25, 0.3) is 5.91 Å². The van der Waals surface area contributed by atoms with Crippen molar-refractivity contribution in [1.29, 1.82) is 0 Å². The van der Waals surface area contributed by atoms with Crippen LogP contribution >= 0.6 is 0 Å². The second-order valence-electron chi connectivity index (χ2n) is 6.29. The van der Waals surface area contributed by atoms with Gasteiger partial charge in [0.2, 0.25) is 5.95 Å². The minimum absolute atomic E-state index is 0.00000567. The highest BCUT2D eigenvalue weighted by atomic mass is 16.2. The van der Waals surface area contributed by atoms with Crippen LogP contribution in [0.4, 0.5) is 5.95 Å². The molecule has 1 amide bonds. The highest BCUT2D eigenvalue weighted by Crippen LogP contribution is 2.38. The van der Waals surface area contributed by atoms with Gasteiger partial charge in [-0.3, -0.25) is 4.79 Å². The van der Waals surface area contributed by atoms with Gasteiger partial charge < -0.3 is 10.6 Å². The lowest BCUT2D eigenvalue weighted by molar-refractivity contribution is 0.0373. The first kappa shape index (κ1) is 15.5. The van der Waals surface area contributed by atoms with Gasteiger partial charge in [-0.15, -0.1) is 0 Å². The molecule has 0 radical (unpaired) electrons. The van der Waals surface area contributed by atoms with Crippen LogP contribution in [0.1, 0.15) is 40.7 Å². The first-order chi connectivity index (χ1) is 11.0. The largest absolute Gasteiger partial charge is 0.368 e. The Kier molecular flexibility index (Phi) is 3.80. The summed E-state index contributed by atoms with van der Waals surface area (Å²) in [5, 5.41) is 0. The Balaban J connectivity index is 1.83. The third kappa shape index (κ3) is 2.56. The zero-order valence-corrected chi connectivity index (χ0v) is 13.8. The number of aryl methyl sites for hydroxylation is 2. The van der Waals surface area contributed by atoms with Gasteiger partial charge in [-0.2, -0.15) is 0 Å². The maximum absolute atomic E-state index is 12.8. The van der Waals surface area contributed by atoms with E-state index in [1.54, 1.807) is 0 Å². The van der Waals surface area contributed by atoms with Gasteiger partial charge in [-0.25, -0.2) is 9.97 Å². The number of benzene rings is 1. The van der Waals surface area contributed by atoms with Gasteiger partial charge >= 0.3 is 0 Å². The molecule has 23 heavy (non-hydrogen) atoms. The topological polar surface area (TPSA) is 72.1 Å². The van der Waals surface area contributed by atoms with Crippen LogP contribution in [0, 0.1) is 13.8 Å². The zero-order valence-electron chi connectivity index (χ0n) is 13.8. The van der Waals surface area contributed by atoms with Crippen molar-refractivity contribution in [3.05, 3.63) is 52.8 Å². The molecule has 1 saturated heterocycles. The summed E-state index contributed by atoms with van der Waals surface area (Å²) in [6.45, 7) is 7.26. The van der Waals surface area contributed by atoms with Gasteiger partial charge in [0.15, 0.2) is 0 Å². The molecule has 1 aromatic carbocycles. The van der Waals surface area contributed by atoms with Crippen molar-refractivity contribution in [2.75, 3.05) is 18.8 Å². The van der Waals surface area contributed by atoms with E-state index in [-0.39, 0.29) is 17.3 Å². The smallest absolute Gasteiger partial charge is 0.257 e. The molecular weight excluding hydrogens is 288 g/mol. The molecule has 0 spiro atoms. The molecule has 5 nitrogen and oxygen atoms in total. The Morgan fingerprint density at radius 3 is 2.26 bits per heavy atom. The quantitative estimate of drug-likeness (QED) is 0.945. The first-order valence-corrected chi connectivity index (χ1v) is 7.92. The van der Waals surface area contributed by atoms with Crippen LogP contribution in [0.2, 0.25) is 0 Å². The van der Waals surface area contributed by atoms with Crippen LogP contribution in [0.3, 0.4) is 0 Å². The zero-order chi connectivity index (χ0) is 16.6. The third-order valence-corrected chi connectivity index (χ3v) is 4.84. The van der Waals surface area contributed by atoms with E-state index in [9.17, 15) is 4.79 Å². The van der Waals surface area contributed by atoms with Gasteiger partial charge in [0, 0.05) is 18.5 Å². The maximum atomic E-state index is 12.8. The molecule has 1 aliphatic rings. The number of carbonyl (C=O) groups is 1. The summed E-state index contributed by atoms with van der Waals surface area (Å²) in [4.78, 5) is 23.0. The van der Waals surface area contributed by atoms with E-state index in [0.29, 0.717) is 17.0 Å². The second kappa shape index (κ2) is 5.65. The molecule has 3 rings (SSSR count). The fourth-order valence-electron chi connectivity index (χ4n) is 3.44. The normalized spacial score (nSPS) is 16.0.